The molecule has 27 heavy (non-hydrogen) atoms. The fourth-order valence-electron chi connectivity index (χ4n) is 3.21. The molecule has 2 aromatic rings. The van der Waals surface area contributed by atoms with E-state index in [0.29, 0.717) is 29.5 Å². The van der Waals surface area contributed by atoms with E-state index in [1.54, 1.807) is 18.9 Å². The van der Waals surface area contributed by atoms with Crippen LogP contribution in [0.2, 0.25) is 0 Å². The lowest BCUT2D eigenvalue weighted by Crippen LogP contribution is -2.36. The number of nitrogens with one attached hydrogen (secondary N) is 1. The number of hydrogen-bond donors (Lipinski definition) is 2. The van der Waals surface area contributed by atoms with Gasteiger partial charge in [-0.1, -0.05) is 11.3 Å². The van der Waals surface area contributed by atoms with E-state index in [4.69, 9.17) is 21.7 Å². The summed E-state index contributed by atoms with van der Waals surface area (Å²) in [7, 11) is 3.24. The molecule has 0 spiro atoms. The second-order valence-electron chi connectivity index (χ2n) is 7.58. The molecule has 1 aliphatic rings. The molecule has 0 saturated carbocycles. The highest BCUT2D eigenvalue weighted by Crippen LogP contribution is 2.39. The number of anilines is 1. The molecule has 0 radical (unpaired) electrons. The van der Waals surface area contributed by atoms with E-state index in [-0.39, 0.29) is 5.54 Å². The zero-order valence-electron chi connectivity index (χ0n) is 16.3. The molecule has 1 atom stereocenters. The Bertz CT molecular complexity index is 872. The Balaban J connectivity index is 1.85. The molecule has 9 heteroatoms. The predicted molar refractivity (Wildman–Crippen MR) is 109 cm³/mol. The van der Waals surface area contributed by atoms with Crippen LogP contribution in [-0.4, -0.2) is 46.1 Å². The molecule has 2 heterocycles. The van der Waals surface area contributed by atoms with Crippen LogP contribution in [0.4, 0.5) is 5.13 Å². The lowest BCUT2D eigenvalue weighted by Gasteiger charge is -2.33. The molecule has 1 aromatic carbocycles. The summed E-state index contributed by atoms with van der Waals surface area (Å²) in [4.78, 5) is 2.10. The zero-order valence-corrected chi connectivity index (χ0v) is 17.9. The second-order valence-corrected chi connectivity index (χ2v) is 9.20. The summed E-state index contributed by atoms with van der Waals surface area (Å²) in [6.45, 7) is 7.84. The number of β-amino-alcohol motifs (C(OH)–C–C–N with tert-alkyl or cyclic N) is 1. The third kappa shape index (κ3) is 4.43. The quantitative estimate of drug-likeness (QED) is 0.732. The monoisotopic (exact) mass is 410 g/mol. The van der Waals surface area contributed by atoms with Crippen molar-refractivity contribution in [3.05, 3.63) is 27.2 Å². The number of aliphatic hydroxyl groups is 1. The smallest absolute Gasteiger partial charge is 0.205 e. The van der Waals surface area contributed by atoms with Crippen molar-refractivity contribution >= 4 is 28.7 Å². The van der Waals surface area contributed by atoms with Gasteiger partial charge in [0.2, 0.25) is 5.13 Å². The molecule has 3 rings (SSSR count). The van der Waals surface area contributed by atoms with Gasteiger partial charge in [-0.05, 0) is 45.1 Å². The largest absolute Gasteiger partial charge is 0.496 e. The van der Waals surface area contributed by atoms with Crippen molar-refractivity contribution in [2.45, 2.75) is 45.6 Å². The molecular formula is C18H26N4O3S2. The average molecular weight is 411 g/mol. The van der Waals surface area contributed by atoms with Crippen molar-refractivity contribution in [2.75, 3.05) is 26.1 Å². The summed E-state index contributed by atoms with van der Waals surface area (Å²) in [6.07, 6.45) is -0.668. The summed E-state index contributed by atoms with van der Waals surface area (Å²) in [6, 6.07) is 3.70. The minimum Gasteiger partial charge on any atom is -0.496 e. The van der Waals surface area contributed by atoms with Gasteiger partial charge in [0, 0.05) is 29.8 Å². The maximum atomic E-state index is 10.7. The first-order chi connectivity index (χ1) is 12.7. The van der Waals surface area contributed by atoms with Crippen molar-refractivity contribution in [1.29, 1.82) is 0 Å². The number of ether oxygens (including phenoxy) is 2. The molecule has 0 aliphatic carbocycles. The SMILES string of the molecule is COc1ccc(OC)c2c1CN(Cn1nc(NC(C)(C)C)sc1=S)CC2O. The number of aromatic nitrogens is 2. The average Bonchev–Trinajstić information content (AvgIpc) is 2.90. The van der Waals surface area contributed by atoms with Crippen molar-refractivity contribution in [1.82, 2.24) is 14.7 Å². The van der Waals surface area contributed by atoms with Crippen LogP contribution in [0.15, 0.2) is 12.1 Å². The molecule has 0 amide bonds. The van der Waals surface area contributed by atoms with Crippen molar-refractivity contribution < 1.29 is 14.6 Å². The maximum absolute atomic E-state index is 10.7. The summed E-state index contributed by atoms with van der Waals surface area (Å²) in [5, 5.41) is 19.5. The molecule has 1 aliphatic heterocycles. The maximum Gasteiger partial charge on any atom is 0.205 e. The minimum absolute atomic E-state index is 0.0817. The van der Waals surface area contributed by atoms with Gasteiger partial charge in [-0.3, -0.25) is 4.90 Å². The van der Waals surface area contributed by atoms with Gasteiger partial charge in [-0.15, -0.1) is 5.10 Å². The van der Waals surface area contributed by atoms with Crippen LogP contribution < -0.4 is 14.8 Å². The van der Waals surface area contributed by atoms with Crippen molar-refractivity contribution in [3.8, 4) is 11.5 Å². The van der Waals surface area contributed by atoms with Crippen molar-refractivity contribution in [2.24, 2.45) is 0 Å². The van der Waals surface area contributed by atoms with Gasteiger partial charge >= 0.3 is 0 Å². The lowest BCUT2D eigenvalue weighted by molar-refractivity contribution is 0.0673. The first-order valence-corrected chi connectivity index (χ1v) is 9.94. The standard InChI is InChI=1S/C18H26N4O3S2/c1-18(2,3)19-16-20-22(17(26)27-16)10-21-8-11-13(24-4)6-7-14(25-5)15(11)12(23)9-21/h6-7,12,23H,8-10H2,1-5H3,(H,19,20). The third-order valence-corrected chi connectivity index (χ3v) is 5.51. The normalized spacial score (nSPS) is 17.5. The number of benzene rings is 1. The van der Waals surface area contributed by atoms with E-state index in [1.807, 2.05) is 12.1 Å². The predicted octanol–water partition coefficient (Wildman–Crippen LogP) is 3.41. The molecule has 0 fully saturated rings. The summed E-state index contributed by atoms with van der Waals surface area (Å²) < 4.78 is 13.4. The molecule has 1 unspecified atom stereocenters. The number of fused-ring (bicyclic) bond motifs is 1. The van der Waals surface area contributed by atoms with Gasteiger partial charge in [0.15, 0.2) is 3.95 Å². The number of rotatable bonds is 5. The Morgan fingerprint density at radius 3 is 2.59 bits per heavy atom. The van der Waals surface area contributed by atoms with E-state index in [2.05, 4.69) is 36.1 Å². The fraction of sp³-hybridized carbons (Fsp3) is 0.556. The second kappa shape index (κ2) is 7.75. The molecular weight excluding hydrogens is 384 g/mol. The van der Waals surface area contributed by atoms with Gasteiger partial charge in [0.1, 0.15) is 11.5 Å². The molecule has 1 aromatic heterocycles. The van der Waals surface area contributed by atoms with Gasteiger partial charge < -0.3 is 19.9 Å². The fourth-order valence-corrected chi connectivity index (χ4v) is 4.41. The highest BCUT2D eigenvalue weighted by atomic mass is 32.1. The third-order valence-electron chi connectivity index (χ3n) is 4.28. The molecule has 148 valence electrons. The first kappa shape index (κ1) is 20.1. The first-order valence-electron chi connectivity index (χ1n) is 8.72. The van der Waals surface area contributed by atoms with Crippen LogP contribution in [0, 0.1) is 3.95 Å². The highest BCUT2D eigenvalue weighted by Gasteiger charge is 2.30. The summed E-state index contributed by atoms with van der Waals surface area (Å²) >= 11 is 6.92. The Hall–Kier alpha value is -1.68. The van der Waals surface area contributed by atoms with Gasteiger partial charge in [0.05, 0.1) is 27.0 Å². The number of methoxy groups -OCH3 is 2. The molecule has 7 nitrogen and oxygen atoms in total. The Labute approximate surface area is 168 Å². The van der Waals surface area contributed by atoms with Crippen LogP contribution in [0.25, 0.3) is 0 Å². The molecule has 0 bridgehead atoms. The zero-order chi connectivity index (χ0) is 19.8. The van der Waals surface area contributed by atoms with Gasteiger partial charge in [-0.25, -0.2) is 4.68 Å². The van der Waals surface area contributed by atoms with E-state index in [0.717, 1.165) is 22.0 Å². The van der Waals surface area contributed by atoms with Gasteiger partial charge in [0.25, 0.3) is 0 Å². The summed E-state index contributed by atoms with van der Waals surface area (Å²) in [5.41, 5.74) is 1.65. The van der Waals surface area contributed by atoms with E-state index in [1.165, 1.54) is 11.3 Å². The van der Waals surface area contributed by atoms with Crippen LogP contribution in [0.1, 0.15) is 38.0 Å². The lowest BCUT2D eigenvalue weighted by atomic mass is 9.95. The van der Waals surface area contributed by atoms with Crippen LogP contribution in [0.5, 0.6) is 11.5 Å². The van der Waals surface area contributed by atoms with E-state index < -0.39 is 6.10 Å². The Morgan fingerprint density at radius 1 is 1.30 bits per heavy atom. The molecule has 0 saturated heterocycles. The number of aliphatic hydroxyl groups excluding tert-OH is 1. The highest BCUT2D eigenvalue weighted by molar-refractivity contribution is 7.73. The summed E-state index contributed by atoms with van der Waals surface area (Å²) in [5.74, 6) is 1.42. The van der Waals surface area contributed by atoms with Crippen LogP contribution in [0.3, 0.4) is 0 Å². The van der Waals surface area contributed by atoms with E-state index >= 15 is 0 Å². The van der Waals surface area contributed by atoms with E-state index in [9.17, 15) is 5.11 Å². The number of hydrogen-bond acceptors (Lipinski definition) is 8. The Morgan fingerprint density at radius 2 is 1.96 bits per heavy atom. The minimum atomic E-state index is -0.668. The topological polar surface area (TPSA) is 71.8 Å². The number of nitrogens with zero attached hydrogens (tertiary/aromatic N) is 3. The molecule has 2 N–H and O–H groups in total. The van der Waals surface area contributed by atoms with Crippen LogP contribution >= 0.6 is 23.6 Å². The Kier molecular flexibility index (Phi) is 5.76. The van der Waals surface area contributed by atoms with Crippen molar-refractivity contribution in [3.63, 3.8) is 0 Å². The van der Waals surface area contributed by atoms with Crippen LogP contribution in [-0.2, 0) is 13.2 Å². The van der Waals surface area contributed by atoms with Gasteiger partial charge in [-0.2, -0.15) is 0 Å².